The van der Waals surface area contributed by atoms with Gasteiger partial charge < -0.3 is 14.4 Å². The van der Waals surface area contributed by atoms with Crippen LogP contribution < -0.4 is 10.4 Å². The van der Waals surface area contributed by atoms with Gasteiger partial charge in [-0.25, -0.2) is 14.9 Å². The molecule has 1 aromatic carbocycles. The van der Waals surface area contributed by atoms with E-state index in [9.17, 15) is 9.90 Å². The van der Waals surface area contributed by atoms with E-state index in [0.29, 0.717) is 29.4 Å². The molecule has 0 fully saturated rings. The predicted molar refractivity (Wildman–Crippen MR) is 92.8 cm³/mol. The molecule has 2 aromatic heterocycles. The summed E-state index contributed by atoms with van der Waals surface area (Å²) in [5.41, 5.74) is 1.11. The van der Waals surface area contributed by atoms with E-state index in [1.165, 1.54) is 7.11 Å². The standard InChI is InChI=1S/C17H19N5O3/c1-4-5-11-8-12(9-13(25-3)14(11)23)16-18-6-7-22(16)10(2)15-19-17(24)21-20-15/h4,6-10,23H,1,5H2,2-3H3,(H2,19,20,21,24). The number of methoxy groups -OCH3 is 1. The molecule has 0 aliphatic heterocycles. The highest BCUT2D eigenvalue weighted by Crippen LogP contribution is 2.36. The Hall–Kier alpha value is -3.29. The van der Waals surface area contributed by atoms with Crippen molar-refractivity contribution < 1.29 is 9.84 Å². The third-order valence-electron chi connectivity index (χ3n) is 4.00. The maximum Gasteiger partial charge on any atom is 0.340 e. The fraction of sp³-hybridized carbons (Fsp3) is 0.235. The van der Waals surface area contributed by atoms with Crippen molar-refractivity contribution in [1.29, 1.82) is 0 Å². The molecule has 25 heavy (non-hydrogen) atoms. The highest BCUT2D eigenvalue weighted by Gasteiger charge is 2.19. The van der Waals surface area contributed by atoms with Crippen LogP contribution in [0.15, 0.2) is 42.0 Å². The Morgan fingerprint density at radius 1 is 1.48 bits per heavy atom. The molecule has 1 unspecified atom stereocenters. The normalized spacial score (nSPS) is 12.1. The number of H-pyrrole nitrogens is 2. The number of hydrogen-bond donors (Lipinski definition) is 3. The Kier molecular flexibility index (Phi) is 4.42. The maximum absolute atomic E-state index is 11.3. The van der Waals surface area contributed by atoms with Crippen molar-refractivity contribution in [2.75, 3.05) is 7.11 Å². The number of aromatic hydroxyl groups is 1. The summed E-state index contributed by atoms with van der Waals surface area (Å²) in [6, 6.07) is 3.33. The lowest BCUT2D eigenvalue weighted by molar-refractivity contribution is 0.371. The smallest absolute Gasteiger partial charge is 0.340 e. The molecule has 3 N–H and O–H groups in total. The van der Waals surface area contributed by atoms with Crippen LogP contribution in [0.25, 0.3) is 11.4 Å². The molecule has 0 spiro atoms. The predicted octanol–water partition coefficient (Wildman–Crippen LogP) is 2.01. The van der Waals surface area contributed by atoms with E-state index < -0.39 is 0 Å². The van der Waals surface area contributed by atoms with Gasteiger partial charge in [0, 0.05) is 23.5 Å². The highest BCUT2D eigenvalue weighted by molar-refractivity contribution is 5.64. The number of rotatable bonds is 6. The summed E-state index contributed by atoms with van der Waals surface area (Å²) in [6.45, 7) is 5.62. The van der Waals surface area contributed by atoms with Crippen molar-refractivity contribution in [3.05, 3.63) is 59.1 Å². The van der Waals surface area contributed by atoms with Crippen LogP contribution in [0.2, 0.25) is 0 Å². The van der Waals surface area contributed by atoms with Gasteiger partial charge in [0.2, 0.25) is 0 Å². The Balaban J connectivity index is 2.09. The summed E-state index contributed by atoms with van der Waals surface area (Å²) in [5, 5.41) is 16.6. The summed E-state index contributed by atoms with van der Waals surface area (Å²) in [4.78, 5) is 18.4. The molecule has 3 rings (SSSR count). The third kappa shape index (κ3) is 3.06. The lowest BCUT2D eigenvalue weighted by Crippen LogP contribution is -2.11. The van der Waals surface area contributed by atoms with Crippen molar-refractivity contribution in [3.8, 4) is 22.9 Å². The van der Waals surface area contributed by atoms with Gasteiger partial charge in [0.1, 0.15) is 5.82 Å². The van der Waals surface area contributed by atoms with Crippen LogP contribution in [0.3, 0.4) is 0 Å². The van der Waals surface area contributed by atoms with Gasteiger partial charge in [-0.1, -0.05) is 6.08 Å². The van der Waals surface area contributed by atoms with E-state index in [0.717, 1.165) is 5.56 Å². The highest BCUT2D eigenvalue weighted by atomic mass is 16.5. The van der Waals surface area contributed by atoms with Crippen LogP contribution >= 0.6 is 0 Å². The van der Waals surface area contributed by atoms with Gasteiger partial charge in [0.15, 0.2) is 17.3 Å². The molecule has 0 bridgehead atoms. The second kappa shape index (κ2) is 6.68. The molecular formula is C17H19N5O3. The Labute approximate surface area is 143 Å². The zero-order valence-electron chi connectivity index (χ0n) is 14.0. The van der Waals surface area contributed by atoms with E-state index in [-0.39, 0.29) is 17.5 Å². The first-order valence-electron chi connectivity index (χ1n) is 7.73. The van der Waals surface area contributed by atoms with E-state index in [2.05, 4.69) is 26.7 Å². The number of aromatic amines is 2. The lowest BCUT2D eigenvalue weighted by Gasteiger charge is -2.16. The van der Waals surface area contributed by atoms with Gasteiger partial charge >= 0.3 is 5.69 Å². The average Bonchev–Trinajstić information content (AvgIpc) is 3.25. The monoisotopic (exact) mass is 341 g/mol. The van der Waals surface area contributed by atoms with Gasteiger partial charge in [-0.3, -0.25) is 4.98 Å². The van der Waals surface area contributed by atoms with E-state index in [1.54, 1.807) is 24.5 Å². The summed E-state index contributed by atoms with van der Waals surface area (Å²) >= 11 is 0. The number of ether oxygens (including phenoxy) is 1. The van der Waals surface area contributed by atoms with Gasteiger partial charge in [0.25, 0.3) is 0 Å². The lowest BCUT2D eigenvalue weighted by atomic mass is 10.0. The van der Waals surface area contributed by atoms with Crippen LogP contribution in [-0.2, 0) is 6.42 Å². The van der Waals surface area contributed by atoms with Crippen molar-refractivity contribution in [2.24, 2.45) is 0 Å². The van der Waals surface area contributed by atoms with Crippen molar-refractivity contribution in [1.82, 2.24) is 24.7 Å². The Morgan fingerprint density at radius 3 is 2.92 bits per heavy atom. The molecule has 1 atom stereocenters. The van der Waals surface area contributed by atoms with Gasteiger partial charge in [-0.05, 0) is 25.5 Å². The first kappa shape index (κ1) is 16.6. The van der Waals surface area contributed by atoms with Gasteiger partial charge in [0.05, 0.1) is 13.2 Å². The first-order valence-corrected chi connectivity index (χ1v) is 7.73. The number of nitrogens with zero attached hydrogens (tertiary/aromatic N) is 3. The van der Waals surface area contributed by atoms with Crippen LogP contribution in [0.1, 0.15) is 24.4 Å². The molecule has 0 saturated carbocycles. The summed E-state index contributed by atoms with van der Waals surface area (Å²) in [5.74, 6) is 1.62. The average molecular weight is 341 g/mol. The minimum atomic E-state index is -0.358. The van der Waals surface area contributed by atoms with Crippen LogP contribution in [0, 0.1) is 0 Å². The summed E-state index contributed by atoms with van der Waals surface area (Å²) in [7, 11) is 1.50. The molecule has 8 heteroatoms. The molecular weight excluding hydrogens is 322 g/mol. The Morgan fingerprint density at radius 2 is 2.28 bits per heavy atom. The molecule has 8 nitrogen and oxygen atoms in total. The summed E-state index contributed by atoms with van der Waals surface area (Å²) < 4.78 is 7.16. The number of benzene rings is 1. The van der Waals surface area contributed by atoms with E-state index >= 15 is 0 Å². The quantitative estimate of drug-likeness (QED) is 0.594. The number of phenolic OH excluding ortho intramolecular Hbond substituents is 1. The number of allylic oxidation sites excluding steroid dienone is 1. The largest absolute Gasteiger partial charge is 0.504 e. The minimum absolute atomic E-state index is 0.0916. The van der Waals surface area contributed by atoms with Crippen molar-refractivity contribution in [3.63, 3.8) is 0 Å². The maximum atomic E-state index is 11.3. The van der Waals surface area contributed by atoms with Crippen molar-refractivity contribution in [2.45, 2.75) is 19.4 Å². The molecule has 130 valence electrons. The number of hydrogen-bond acceptors (Lipinski definition) is 5. The molecule has 0 aliphatic carbocycles. The topological polar surface area (TPSA) is 109 Å². The molecule has 2 heterocycles. The number of imidazole rings is 1. The zero-order valence-corrected chi connectivity index (χ0v) is 14.0. The van der Waals surface area contributed by atoms with Gasteiger partial charge in [-0.2, -0.15) is 5.10 Å². The Bertz CT molecular complexity index is 953. The molecule has 0 aliphatic rings. The van der Waals surface area contributed by atoms with Crippen LogP contribution in [0.5, 0.6) is 11.5 Å². The van der Waals surface area contributed by atoms with Crippen molar-refractivity contribution >= 4 is 0 Å². The molecule has 0 saturated heterocycles. The fourth-order valence-electron chi connectivity index (χ4n) is 2.72. The zero-order chi connectivity index (χ0) is 18.0. The SMILES string of the molecule is C=CCc1cc(-c2nccn2C(C)c2n[nH]c(=O)[nH]2)cc(OC)c1O. The van der Waals surface area contributed by atoms with Crippen LogP contribution in [-0.4, -0.2) is 36.9 Å². The molecule has 0 amide bonds. The minimum Gasteiger partial charge on any atom is -0.504 e. The third-order valence-corrected chi connectivity index (χ3v) is 4.00. The second-order valence-corrected chi connectivity index (χ2v) is 5.58. The van der Waals surface area contributed by atoms with Crippen LogP contribution in [0.4, 0.5) is 0 Å². The fourth-order valence-corrected chi connectivity index (χ4v) is 2.72. The second-order valence-electron chi connectivity index (χ2n) is 5.58. The van der Waals surface area contributed by atoms with E-state index in [1.807, 2.05) is 17.6 Å². The molecule has 0 radical (unpaired) electrons. The number of nitrogens with one attached hydrogen (secondary N) is 2. The van der Waals surface area contributed by atoms with E-state index in [4.69, 9.17) is 4.74 Å². The molecule has 3 aromatic rings. The van der Waals surface area contributed by atoms with Gasteiger partial charge in [-0.15, -0.1) is 6.58 Å². The first-order chi connectivity index (χ1) is 12.0. The number of phenols is 1. The summed E-state index contributed by atoms with van der Waals surface area (Å²) in [6.07, 6.45) is 5.68. The number of aromatic nitrogens is 5.